The Morgan fingerprint density at radius 1 is 1.00 bits per heavy atom. The van der Waals surface area contributed by atoms with Gasteiger partial charge in [-0.2, -0.15) is 0 Å². The van der Waals surface area contributed by atoms with Gasteiger partial charge in [0.15, 0.2) is 0 Å². The number of fused-ring (bicyclic) bond motifs is 1. The average molecular weight is 269 g/mol. The fourth-order valence-electron chi connectivity index (χ4n) is 2.39. The topological polar surface area (TPSA) is 37.4 Å². The molecule has 2 amide bonds. The van der Waals surface area contributed by atoms with Crippen LogP contribution in [0.5, 0.6) is 0 Å². The molecule has 1 aliphatic heterocycles. The van der Waals surface area contributed by atoms with Crippen LogP contribution in [0, 0.1) is 12.7 Å². The van der Waals surface area contributed by atoms with Crippen molar-refractivity contribution in [3.8, 4) is 0 Å². The van der Waals surface area contributed by atoms with Crippen LogP contribution in [0.25, 0.3) is 0 Å². The third-order valence-corrected chi connectivity index (χ3v) is 3.51. The summed E-state index contributed by atoms with van der Waals surface area (Å²) in [7, 11) is 0. The van der Waals surface area contributed by atoms with Gasteiger partial charge in [0.2, 0.25) is 0 Å². The summed E-state index contributed by atoms with van der Waals surface area (Å²) in [5, 5.41) is 0. The monoisotopic (exact) mass is 269 g/mol. The third-order valence-electron chi connectivity index (χ3n) is 3.51. The Labute approximate surface area is 115 Å². The van der Waals surface area contributed by atoms with Gasteiger partial charge >= 0.3 is 0 Å². The molecule has 100 valence electrons. The number of nitrogens with zero attached hydrogens (tertiary/aromatic N) is 1. The van der Waals surface area contributed by atoms with Crippen molar-refractivity contribution < 1.29 is 14.0 Å². The minimum Gasteiger partial charge on any atom is -0.270 e. The minimum absolute atomic E-state index is 0.165. The van der Waals surface area contributed by atoms with Crippen molar-refractivity contribution in [3.63, 3.8) is 0 Å². The van der Waals surface area contributed by atoms with Gasteiger partial charge in [0.25, 0.3) is 11.8 Å². The SMILES string of the molecule is Cc1cc(F)ccc1CN1C(=O)c2ccccc2C1=O. The first-order valence-corrected chi connectivity index (χ1v) is 6.28. The van der Waals surface area contributed by atoms with Gasteiger partial charge in [0.1, 0.15) is 5.82 Å². The summed E-state index contributed by atoms with van der Waals surface area (Å²) < 4.78 is 13.1. The molecule has 2 aromatic carbocycles. The zero-order valence-corrected chi connectivity index (χ0v) is 10.9. The molecule has 1 heterocycles. The Bertz CT molecular complexity index is 689. The van der Waals surface area contributed by atoms with E-state index in [9.17, 15) is 14.0 Å². The highest BCUT2D eigenvalue weighted by Gasteiger charge is 2.35. The molecule has 1 aliphatic rings. The molecule has 0 fully saturated rings. The molecule has 2 aromatic rings. The van der Waals surface area contributed by atoms with E-state index >= 15 is 0 Å². The molecule has 3 nitrogen and oxygen atoms in total. The average Bonchev–Trinajstić information content (AvgIpc) is 2.67. The summed E-state index contributed by atoms with van der Waals surface area (Å²) in [6.45, 7) is 1.93. The maximum atomic E-state index is 13.1. The standard InChI is InChI=1S/C16H12FNO2/c1-10-8-12(17)7-6-11(10)9-18-15(19)13-4-2-3-5-14(13)16(18)20/h2-8H,9H2,1H3. The molecule has 0 bridgehead atoms. The molecule has 4 heteroatoms. The summed E-state index contributed by atoms with van der Waals surface area (Å²) in [5.74, 6) is -0.919. The van der Waals surface area contributed by atoms with Gasteiger partial charge < -0.3 is 0 Å². The zero-order valence-electron chi connectivity index (χ0n) is 10.9. The molecule has 0 aliphatic carbocycles. The molecule has 0 saturated heterocycles. The lowest BCUT2D eigenvalue weighted by Gasteiger charge is -2.15. The predicted molar refractivity (Wildman–Crippen MR) is 71.8 cm³/mol. The van der Waals surface area contributed by atoms with Crippen LogP contribution in [0.3, 0.4) is 0 Å². The van der Waals surface area contributed by atoms with Crippen LogP contribution in [0.15, 0.2) is 42.5 Å². The Balaban J connectivity index is 1.94. The lowest BCUT2D eigenvalue weighted by Crippen LogP contribution is -2.29. The predicted octanol–water partition coefficient (Wildman–Crippen LogP) is 2.93. The molecule has 0 atom stereocenters. The van der Waals surface area contributed by atoms with E-state index in [0.717, 1.165) is 11.1 Å². The molecule has 0 aromatic heterocycles. The van der Waals surface area contributed by atoms with Gasteiger partial charge in [-0.1, -0.05) is 18.2 Å². The van der Waals surface area contributed by atoms with E-state index < -0.39 is 0 Å². The van der Waals surface area contributed by atoms with E-state index in [2.05, 4.69) is 0 Å². The van der Waals surface area contributed by atoms with Gasteiger partial charge in [-0.25, -0.2) is 4.39 Å². The number of amides is 2. The first kappa shape index (κ1) is 12.5. The van der Waals surface area contributed by atoms with Crippen LogP contribution in [0.2, 0.25) is 0 Å². The van der Waals surface area contributed by atoms with E-state index in [1.54, 1.807) is 37.3 Å². The highest BCUT2D eigenvalue weighted by atomic mass is 19.1. The summed E-state index contributed by atoms with van der Waals surface area (Å²) in [6.07, 6.45) is 0. The lowest BCUT2D eigenvalue weighted by molar-refractivity contribution is 0.0642. The second kappa shape index (κ2) is 4.56. The molecule has 0 N–H and O–H groups in total. The Morgan fingerprint density at radius 3 is 2.15 bits per heavy atom. The van der Waals surface area contributed by atoms with E-state index in [4.69, 9.17) is 0 Å². The number of hydrogen-bond acceptors (Lipinski definition) is 2. The number of aryl methyl sites for hydroxylation is 1. The maximum absolute atomic E-state index is 13.1. The third kappa shape index (κ3) is 1.90. The van der Waals surface area contributed by atoms with Crippen LogP contribution >= 0.6 is 0 Å². The zero-order chi connectivity index (χ0) is 14.3. The van der Waals surface area contributed by atoms with Gasteiger partial charge in [-0.05, 0) is 42.3 Å². The number of imide groups is 1. The lowest BCUT2D eigenvalue weighted by atomic mass is 10.1. The minimum atomic E-state index is -0.325. The number of rotatable bonds is 2. The molecule has 0 radical (unpaired) electrons. The Hall–Kier alpha value is -2.49. The van der Waals surface area contributed by atoms with Crippen molar-refractivity contribution in [3.05, 3.63) is 70.5 Å². The van der Waals surface area contributed by atoms with Crippen LogP contribution in [-0.2, 0) is 6.54 Å². The molecular weight excluding hydrogens is 257 g/mol. The number of benzene rings is 2. The Morgan fingerprint density at radius 2 is 1.60 bits per heavy atom. The first-order valence-electron chi connectivity index (χ1n) is 6.28. The van der Waals surface area contributed by atoms with E-state index in [1.165, 1.54) is 17.0 Å². The molecule has 20 heavy (non-hydrogen) atoms. The highest BCUT2D eigenvalue weighted by molar-refractivity contribution is 6.21. The largest absolute Gasteiger partial charge is 0.270 e. The highest BCUT2D eigenvalue weighted by Crippen LogP contribution is 2.25. The maximum Gasteiger partial charge on any atom is 0.261 e. The second-order valence-corrected chi connectivity index (χ2v) is 4.81. The van der Waals surface area contributed by atoms with E-state index in [0.29, 0.717) is 11.1 Å². The van der Waals surface area contributed by atoms with Crippen molar-refractivity contribution in [2.24, 2.45) is 0 Å². The molecule has 0 unspecified atom stereocenters. The normalized spacial score (nSPS) is 13.8. The van der Waals surface area contributed by atoms with Gasteiger partial charge in [-0.3, -0.25) is 14.5 Å². The summed E-state index contributed by atoms with van der Waals surface area (Å²) in [5.41, 5.74) is 2.34. The van der Waals surface area contributed by atoms with Crippen molar-refractivity contribution in [1.82, 2.24) is 4.90 Å². The summed E-state index contributed by atoms with van der Waals surface area (Å²) in [4.78, 5) is 25.6. The van der Waals surface area contributed by atoms with Crippen molar-refractivity contribution in [2.45, 2.75) is 13.5 Å². The van der Waals surface area contributed by atoms with Crippen LogP contribution < -0.4 is 0 Å². The van der Waals surface area contributed by atoms with Gasteiger partial charge in [0, 0.05) is 0 Å². The van der Waals surface area contributed by atoms with Crippen molar-refractivity contribution in [2.75, 3.05) is 0 Å². The fraction of sp³-hybridized carbons (Fsp3) is 0.125. The van der Waals surface area contributed by atoms with Crippen LogP contribution in [0.1, 0.15) is 31.8 Å². The number of hydrogen-bond donors (Lipinski definition) is 0. The molecular formula is C16H12FNO2. The van der Waals surface area contributed by atoms with Crippen molar-refractivity contribution in [1.29, 1.82) is 0 Å². The van der Waals surface area contributed by atoms with Crippen molar-refractivity contribution >= 4 is 11.8 Å². The van der Waals surface area contributed by atoms with Gasteiger partial charge in [-0.15, -0.1) is 0 Å². The fourth-order valence-corrected chi connectivity index (χ4v) is 2.39. The quantitative estimate of drug-likeness (QED) is 0.786. The molecule has 3 rings (SSSR count). The number of carbonyl (C=O) groups is 2. The summed E-state index contributed by atoms with van der Waals surface area (Å²) >= 11 is 0. The van der Waals surface area contributed by atoms with Crippen LogP contribution in [0.4, 0.5) is 4.39 Å². The second-order valence-electron chi connectivity index (χ2n) is 4.81. The molecule has 0 saturated carbocycles. The number of carbonyl (C=O) groups excluding carboxylic acids is 2. The molecule has 0 spiro atoms. The number of halogens is 1. The summed E-state index contributed by atoms with van der Waals surface area (Å²) in [6, 6.07) is 11.1. The van der Waals surface area contributed by atoms with E-state index in [-0.39, 0.29) is 24.2 Å². The smallest absolute Gasteiger partial charge is 0.261 e. The first-order chi connectivity index (χ1) is 9.58. The van der Waals surface area contributed by atoms with Gasteiger partial charge in [0.05, 0.1) is 17.7 Å². The van der Waals surface area contributed by atoms with Crippen LogP contribution in [-0.4, -0.2) is 16.7 Å². The van der Waals surface area contributed by atoms with E-state index in [1.807, 2.05) is 0 Å². The Kier molecular flexibility index (Phi) is 2.86.